The van der Waals surface area contributed by atoms with E-state index in [4.69, 9.17) is 4.74 Å². The number of rotatable bonds is 7. The van der Waals surface area contributed by atoms with E-state index in [1.165, 1.54) is 0 Å². The Kier molecular flexibility index (Phi) is 6.26. The molecule has 0 saturated carbocycles. The molecule has 0 atom stereocenters. The van der Waals surface area contributed by atoms with Crippen LogP contribution in [0.3, 0.4) is 0 Å². The van der Waals surface area contributed by atoms with Crippen LogP contribution in [0.25, 0.3) is 0 Å². The Labute approximate surface area is 154 Å². The Morgan fingerprint density at radius 2 is 1.85 bits per heavy atom. The maximum absolute atomic E-state index is 12.4. The van der Waals surface area contributed by atoms with Gasteiger partial charge in [0.15, 0.2) is 0 Å². The van der Waals surface area contributed by atoms with Gasteiger partial charge in [-0.3, -0.25) is 9.10 Å². The molecule has 0 bridgehead atoms. The molecular weight excluding hydrogens is 352 g/mol. The molecule has 0 aliphatic rings. The van der Waals surface area contributed by atoms with Crippen molar-refractivity contribution in [2.75, 3.05) is 22.4 Å². The molecule has 2 aromatic carbocycles. The summed E-state index contributed by atoms with van der Waals surface area (Å²) in [6.07, 6.45) is 1.10. The zero-order valence-corrected chi connectivity index (χ0v) is 16.2. The fourth-order valence-electron chi connectivity index (χ4n) is 2.47. The summed E-state index contributed by atoms with van der Waals surface area (Å²) in [4.78, 5) is 12.4. The number of anilines is 2. The molecule has 7 heteroatoms. The van der Waals surface area contributed by atoms with Gasteiger partial charge in [-0.05, 0) is 44.5 Å². The number of carbonyl (C=O) groups excluding carboxylic acids is 1. The molecule has 26 heavy (non-hydrogen) atoms. The maximum Gasteiger partial charge on any atom is 0.245 e. The molecular formula is C19H24N2O4S. The number of ether oxygens (including phenoxy) is 1. The lowest BCUT2D eigenvalue weighted by molar-refractivity contribution is -0.114. The van der Waals surface area contributed by atoms with Crippen LogP contribution in [0.2, 0.25) is 0 Å². The van der Waals surface area contributed by atoms with Gasteiger partial charge in [-0.25, -0.2) is 8.42 Å². The van der Waals surface area contributed by atoms with E-state index in [2.05, 4.69) is 5.32 Å². The monoisotopic (exact) mass is 376 g/mol. The highest BCUT2D eigenvalue weighted by molar-refractivity contribution is 7.92. The van der Waals surface area contributed by atoms with Crippen molar-refractivity contribution in [1.82, 2.24) is 0 Å². The van der Waals surface area contributed by atoms with Crippen LogP contribution in [0.4, 0.5) is 11.4 Å². The van der Waals surface area contributed by atoms with Gasteiger partial charge in [0, 0.05) is 11.8 Å². The molecule has 0 aliphatic carbocycles. The number of nitrogens with zero attached hydrogens (tertiary/aromatic N) is 1. The average Bonchev–Trinajstić information content (AvgIpc) is 2.52. The molecule has 1 amide bonds. The summed E-state index contributed by atoms with van der Waals surface area (Å²) in [7, 11) is -3.60. The molecule has 0 aromatic heterocycles. The van der Waals surface area contributed by atoms with Crippen LogP contribution in [-0.2, 0) is 14.8 Å². The summed E-state index contributed by atoms with van der Waals surface area (Å²) in [6, 6.07) is 14.0. The highest BCUT2D eigenvalue weighted by Gasteiger charge is 2.22. The lowest BCUT2D eigenvalue weighted by Gasteiger charge is -2.23. The van der Waals surface area contributed by atoms with Gasteiger partial charge < -0.3 is 10.1 Å². The Bertz CT molecular complexity index is 879. The first kappa shape index (κ1) is 19.8. The topological polar surface area (TPSA) is 75.7 Å². The van der Waals surface area contributed by atoms with Gasteiger partial charge in [0.25, 0.3) is 0 Å². The highest BCUT2D eigenvalue weighted by Crippen LogP contribution is 2.22. The normalized spacial score (nSPS) is 11.3. The van der Waals surface area contributed by atoms with Crippen molar-refractivity contribution < 1.29 is 17.9 Å². The third-order valence-corrected chi connectivity index (χ3v) is 4.69. The molecule has 0 radical (unpaired) electrons. The Morgan fingerprint density at radius 3 is 2.46 bits per heavy atom. The summed E-state index contributed by atoms with van der Waals surface area (Å²) < 4.78 is 31.0. The molecule has 2 aromatic rings. The molecule has 1 N–H and O–H groups in total. The van der Waals surface area contributed by atoms with Gasteiger partial charge in [0.2, 0.25) is 15.9 Å². The summed E-state index contributed by atoms with van der Waals surface area (Å²) in [5.74, 6) is 0.206. The predicted octanol–water partition coefficient (Wildman–Crippen LogP) is 3.19. The van der Waals surface area contributed by atoms with Gasteiger partial charge >= 0.3 is 0 Å². The standard InChI is InChI=1S/C19H24N2O4S/c1-14(2)25-17-10-7-9-16(12-17)20-19(22)13-21(26(4,23)24)18-11-6-5-8-15(18)3/h5-12,14H,13H2,1-4H3,(H,20,22). The van der Waals surface area contributed by atoms with Crippen LogP contribution in [0.1, 0.15) is 19.4 Å². The average molecular weight is 376 g/mol. The highest BCUT2D eigenvalue weighted by atomic mass is 32.2. The number of para-hydroxylation sites is 1. The lowest BCUT2D eigenvalue weighted by atomic mass is 10.2. The van der Waals surface area contributed by atoms with Gasteiger partial charge in [-0.1, -0.05) is 24.3 Å². The second-order valence-electron chi connectivity index (χ2n) is 6.30. The van der Waals surface area contributed by atoms with Crippen LogP contribution < -0.4 is 14.4 Å². The van der Waals surface area contributed by atoms with Crippen LogP contribution >= 0.6 is 0 Å². The molecule has 0 fully saturated rings. The Hall–Kier alpha value is -2.54. The first-order valence-electron chi connectivity index (χ1n) is 8.26. The van der Waals surface area contributed by atoms with Crippen molar-refractivity contribution in [1.29, 1.82) is 0 Å². The van der Waals surface area contributed by atoms with Gasteiger partial charge in [0.1, 0.15) is 12.3 Å². The molecule has 0 aliphatic heterocycles. The van der Waals surface area contributed by atoms with E-state index >= 15 is 0 Å². The van der Waals surface area contributed by atoms with E-state index in [9.17, 15) is 13.2 Å². The maximum atomic E-state index is 12.4. The van der Waals surface area contributed by atoms with Crippen molar-refractivity contribution >= 4 is 27.3 Å². The van der Waals surface area contributed by atoms with Crippen LogP contribution in [0, 0.1) is 6.92 Å². The number of sulfonamides is 1. The minimum Gasteiger partial charge on any atom is -0.491 e. The first-order valence-corrected chi connectivity index (χ1v) is 10.1. The van der Waals surface area contributed by atoms with E-state index in [1.54, 1.807) is 49.4 Å². The second kappa shape index (κ2) is 8.23. The zero-order chi connectivity index (χ0) is 19.3. The number of aryl methyl sites for hydroxylation is 1. The van der Waals surface area contributed by atoms with Crippen molar-refractivity contribution in [2.24, 2.45) is 0 Å². The molecule has 0 spiro atoms. The molecule has 0 unspecified atom stereocenters. The van der Waals surface area contributed by atoms with Crippen molar-refractivity contribution in [3.05, 3.63) is 54.1 Å². The van der Waals surface area contributed by atoms with Gasteiger partial charge in [-0.2, -0.15) is 0 Å². The minimum atomic E-state index is -3.60. The number of benzene rings is 2. The van der Waals surface area contributed by atoms with Crippen LogP contribution in [0.15, 0.2) is 48.5 Å². The molecule has 2 rings (SSSR count). The zero-order valence-electron chi connectivity index (χ0n) is 15.4. The Balaban J connectivity index is 2.17. The van der Waals surface area contributed by atoms with Crippen LogP contribution in [0.5, 0.6) is 5.75 Å². The lowest BCUT2D eigenvalue weighted by Crippen LogP contribution is -2.37. The molecule has 0 saturated heterocycles. The van der Waals surface area contributed by atoms with E-state index < -0.39 is 15.9 Å². The molecule has 6 nitrogen and oxygen atoms in total. The van der Waals surface area contributed by atoms with Crippen LogP contribution in [-0.4, -0.2) is 33.2 Å². The first-order chi connectivity index (χ1) is 12.2. The van der Waals surface area contributed by atoms with E-state index in [-0.39, 0.29) is 12.6 Å². The van der Waals surface area contributed by atoms with Gasteiger partial charge in [-0.15, -0.1) is 0 Å². The largest absolute Gasteiger partial charge is 0.491 e. The van der Waals surface area contributed by atoms with E-state index in [0.29, 0.717) is 17.1 Å². The molecule has 0 heterocycles. The van der Waals surface area contributed by atoms with E-state index in [1.807, 2.05) is 19.9 Å². The quantitative estimate of drug-likeness (QED) is 0.805. The van der Waals surface area contributed by atoms with Crippen molar-refractivity contribution in [2.45, 2.75) is 26.9 Å². The third-order valence-electron chi connectivity index (χ3n) is 3.56. The predicted molar refractivity (Wildman–Crippen MR) is 104 cm³/mol. The fraction of sp³-hybridized carbons (Fsp3) is 0.316. The van der Waals surface area contributed by atoms with Crippen molar-refractivity contribution in [3.8, 4) is 5.75 Å². The fourth-order valence-corrected chi connectivity index (χ4v) is 3.39. The smallest absolute Gasteiger partial charge is 0.245 e. The SMILES string of the molecule is Cc1ccccc1N(CC(=O)Nc1cccc(OC(C)C)c1)S(C)(=O)=O. The summed E-state index contributed by atoms with van der Waals surface area (Å²) >= 11 is 0. The summed E-state index contributed by atoms with van der Waals surface area (Å²) in [5.41, 5.74) is 1.81. The number of amides is 1. The second-order valence-corrected chi connectivity index (χ2v) is 8.21. The van der Waals surface area contributed by atoms with E-state index in [0.717, 1.165) is 16.1 Å². The van der Waals surface area contributed by atoms with Gasteiger partial charge in [0.05, 0.1) is 18.0 Å². The number of hydrogen-bond acceptors (Lipinski definition) is 4. The molecule has 140 valence electrons. The summed E-state index contributed by atoms with van der Waals surface area (Å²) in [5, 5.41) is 2.72. The minimum absolute atomic E-state index is 0.0164. The third kappa shape index (κ3) is 5.49. The summed E-state index contributed by atoms with van der Waals surface area (Å²) in [6.45, 7) is 5.33. The van der Waals surface area contributed by atoms with Crippen molar-refractivity contribution in [3.63, 3.8) is 0 Å². The number of nitrogens with one attached hydrogen (secondary N) is 1. The Morgan fingerprint density at radius 1 is 1.15 bits per heavy atom. The number of hydrogen-bond donors (Lipinski definition) is 1. The number of carbonyl (C=O) groups is 1.